The maximum Gasteiger partial charge on any atom is 0.417 e. The summed E-state index contributed by atoms with van der Waals surface area (Å²) in [5.74, 6) is -2.21. The van der Waals surface area contributed by atoms with Crippen molar-refractivity contribution in [2.24, 2.45) is 0 Å². The number of carbonyl (C=O) groups excluding carboxylic acids is 3. The zero-order valence-electron chi connectivity index (χ0n) is 17.1. The number of ether oxygens (including phenoxy) is 2. The van der Waals surface area contributed by atoms with E-state index in [1.807, 2.05) is 6.07 Å². The zero-order chi connectivity index (χ0) is 24.6. The van der Waals surface area contributed by atoms with Crippen molar-refractivity contribution in [3.05, 3.63) is 58.6 Å². The van der Waals surface area contributed by atoms with Crippen molar-refractivity contribution in [2.45, 2.75) is 6.18 Å². The number of esters is 1. The number of nitriles is 1. The van der Waals surface area contributed by atoms with Crippen LogP contribution in [0.4, 0.5) is 18.9 Å². The third-order valence-corrected chi connectivity index (χ3v) is 4.40. The van der Waals surface area contributed by atoms with Crippen LogP contribution in [0.3, 0.4) is 0 Å². The number of rotatable bonds is 8. The molecule has 174 valence electrons. The lowest BCUT2D eigenvalue weighted by atomic mass is 10.2. The highest BCUT2D eigenvalue weighted by Crippen LogP contribution is 2.36. The van der Waals surface area contributed by atoms with Crippen LogP contribution in [0.2, 0.25) is 5.02 Å². The second kappa shape index (κ2) is 11.2. The van der Waals surface area contributed by atoms with Gasteiger partial charge >= 0.3 is 12.1 Å². The van der Waals surface area contributed by atoms with Crippen LogP contribution < -0.4 is 10.1 Å². The minimum absolute atomic E-state index is 0.154. The third-order valence-electron chi connectivity index (χ3n) is 4.07. The molecule has 2 aromatic carbocycles. The predicted molar refractivity (Wildman–Crippen MR) is 110 cm³/mol. The van der Waals surface area contributed by atoms with Crippen LogP contribution in [-0.4, -0.2) is 49.5 Å². The van der Waals surface area contributed by atoms with Gasteiger partial charge in [-0.1, -0.05) is 23.7 Å². The van der Waals surface area contributed by atoms with Gasteiger partial charge in [-0.05, 0) is 30.3 Å². The number of amides is 2. The number of carbonyl (C=O) groups is 3. The van der Waals surface area contributed by atoms with Crippen molar-refractivity contribution < 1.29 is 37.0 Å². The lowest BCUT2D eigenvalue weighted by Gasteiger charge is -2.17. The number of nitrogens with zero attached hydrogens (tertiary/aromatic N) is 2. The predicted octanol–water partition coefficient (Wildman–Crippen LogP) is 3.25. The average Bonchev–Trinajstić information content (AvgIpc) is 2.76. The van der Waals surface area contributed by atoms with E-state index in [4.69, 9.17) is 26.3 Å². The molecule has 0 saturated carbocycles. The van der Waals surface area contributed by atoms with Crippen molar-refractivity contribution in [1.82, 2.24) is 4.90 Å². The summed E-state index contributed by atoms with van der Waals surface area (Å²) in [6.07, 6.45) is -4.70. The Hall–Kier alpha value is -3.78. The fourth-order valence-electron chi connectivity index (χ4n) is 2.44. The SMILES string of the molecule is CN(CC(=O)Nc1ccc(Cl)c(C(F)(F)F)c1)C(=O)COC(=O)COc1ccccc1C#N. The van der Waals surface area contributed by atoms with Gasteiger partial charge in [0.1, 0.15) is 11.8 Å². The van der Waals surface area contributed by atoms with E-state index < -0.39 is 54.3 Å². The summed E-state index contributed by atoms with van der Waals surface area (Å²) in [6.45, 7) is -1.74. The van der Waals surface area contributed by atoms with E-state index in [-0.39, 0.29) is 17.0 Å². The van der Waals surface area contributed by atoms with Crippen LogP contribution in [0.25, 0.3) is 0 Å². The summed E-state index contributed by atoms with van der Waals surface area (Å²) in [5, 5.41) is 10.7. The summed E-state index contributed by atoms with van der Waals surface area (Å²) in [5.41, 5.74) is -1.05. The highest BCUT2D eigenvalue weighted by Gasteiger charge is 2.33. The number of benzene rings is 2. The molecule has 8 nitrogen and oxygen atoms in total. The van der Waals surface area contributed by atoms with E-state index in [1.54, 1.807) is 12.1 Å². The summed E-state index contributed by atoms with van der Waals surface area (Å²) in [4.78, 5) is 36.8. The highest BCUT2D eigenvalue weighted by molar-refractivity contribution is 6.31. The first-order chi connectivity index (χ1) is 15.5. The topological polar surface area (TPSA) is 109 Å². The van der Waals surface area contributed by atoms with E-state index in [0.29, 0.717) is 6.07 Å². The van der Waals surface area contributed by atoms with E-state index in [2.05, 4.69) is 5.32 Å². The minimum Gasteiger partial charge on any atom is -0.481 e. The first-order valence-electron chi connectivity index (χ1n) is 9.19. The van der Waals surface area contributed by atoms with E-state index >= 15 is 0 Å². The molecule has 1 N–H and O–H groups in total. The summed E-state index contributed by atoms with van der Waals surface area (Å²) in [7, 11) is 1.25. The van der Waals surface area contributed by atoms with Gasteiger partial charge < -0.3 is 19.7 Å². The minimum atomic E-state index is -4.70. The van der Waals surface area contributed by atoms with Gasteiger partial charge in [-0.3, -0.25) is 9.59 Å². The molecule has 0 bridgehead atoms. The number of hydrogen-bond donors (Lipinski definition) is 1. The Morgan fingerprint density at radius 2 is 1.85 bits per heavy atom. The molecule has 0 radical (unpaired) electrons. The summed E-state index contributed by atoms with van der Waals surface area (Å²) >= 11 is 5.53. The quantitative estimate of drug-likeness (QED) is 0.577. The lowest BCUT2D eigenvalue weighted by molar-refractivity contribution is -0.153. The van der Waals surface area contributed by atoms with Crippen LogP contribution in [0.1, 0.15) is 11.1 Å². The molecule has 2 aromatic rings. The highest BCUT2D eigenvalue weighted by atomic mass is 35.5. The Bertz CT molecular complexity index is 1090. The molecule has 0 fully saturated rings. The number of likely N-dealkylation sites (N-methyl/N-ethyl adjacent to an activating group) is 1. The summed E-state index contributed by atoms with van der Waals surface area (Å²) < 4.78 is 48.7. The largest absolute Gasteiger partial charge is 0.481 e. The summed E-state index contributed by atoms with van der Waals surface area (Å²) in [6, 6.07) is 11.0. The Morgan fingerprint density at radius 1 is 1.15 bits per heavy atom. The number of alkyl halides is 3. The molecule has 0 aromatic heterocycles. The smallest absolute Gasteiger partial charge is 0.417 e. The van der Waals surface area contributed by atoms with Gasteiger partial charge in [-0.25, -0.2) is 4.79 Å². The monoisotopic (exact) mass is 483 g/mol. The fraction of sp³-hybridized carbons (Fsp3) is 0.238. The molecule has 0 heterocycles. The number of hydrogen-bond acceptors (Lipinski definition) is 6. The van der Waals surface area contributed by atoms with Crippen molar-refractivity contribution in [1.29, 1.82) is 5.26 Å². The molecule has 2 amide bonds. The Labute approximate surface area is 191 Å². The van der Waals surface area contributed by atoms with Gasteiger partial charge in [0, 0.05) is 12.7 Å². The molecule has 0 saturated heterocycles. The number of para-hydroxylation sites is 1. The first-order valence-corrected chi connectivity index (χ1v) is 9.57. The molecule has 0 spiro atoms. The Morgan fingerprint density at radius 3 is 2.52 bits per heavy atom. The van der Waals surface area contributed by atoms with Crippen LogP contribution in [-0.2, 0) is 25.3 Å². The zero-order valence-corrected chi connectivity index (χ0v) is 17.9. The second-order valence-electron chi connectivity index (χ2n) is 6.55. The van der Waals surface area contributed by atoms with Gasteiger partial charge in [-0.2, -0.15) is 18.4 Å². The molecule has 0 aliphatic rings. The van der Waals surface area contributed by atoms with Crippen LogP contribution in [0.15, 0.2) is 42.5 Å². The maximum atomic E-state index is 12.9. The van der Waals surface area contributed by atoms with Crippen LogP contribution in [0, 0.1) is 11.3 Å². The number of nitrogens with one attached hydrogen (secondary N) is 1. The van der Waals surface area contributed by atoms with Crippen molar-refractivity contribution in [3.63, 3.8) is 0 Å². The molecule has 0 atom stereocenters. The van der Waals surface area contributed by atoms with Gasteiger partial charge in [-0.15, -0.1) is 0 Å². The molecular formula is C21H17ClF3N3O5. The molecule has 33 heavy (non-hydrogen) atoms. The third kappa shape index (κ3) is 7.69. The molecule has 0 aliphatic carbocycles. The van der Waals surface area contributed by atoms with Gasteiger partial charge in [0.25, 0.3) is 5.91 Å². The lowest BCUT2D eigenvalue weighted by Crippen LogP contribution is -2.37. The van der Waals surface area contributed by atoms with Crippen molar-refractivity contribution in [2.75, 3.05) is 32.1 Å². The van der Waals surface area contributed by atoms with Gasteiger partial charge in [0.05, 0.1) is 22.7 Å². The van der Waals surface area contributed by atoms with Gasteiger partial charge in [0.2, 0.25) is 5.91 Å². The van der Waals surface area contributed by atoms with Crippen LogP contribution >= 0.6 is 11.6 Å². The molecular weight excluding hydrogens is 467 g/mol. The Kier molecular flexibility index (Phi) is 8.64. The number of halogens is 4. The second-order valence-corrected chi connectivity index (χ2v) is 6.95. The fourth-order valence-corrected chi connectivity index (χ4v) is 2.66. The van der Waals surface area contributed by atoms with Crippen molar-refractivity contribution in [3.8, 4) is 11.8 Å². The van der Waals surface area contributed by atoms with E-state index in [9.17, 15) is 27.6 Å². The average molecular weight is 484 g/mol. The van der Waals surface area contributed by atoms with Crippen LogP contribution in [0.5, 0.6) is 5.75 Å². The molecule has 0 aliphatic heterocycles. The number of anilines is 1. The molecule has 12 heteroatoms. The standard InChI is InChI=1S/C21H17ClF3N3O5/c1-28(10-18(29)27-14-6-7-16(22)15(8-14)21(23,24)25)19(30)11-33-20(31)12-32-17-5-3-2-4-13(17)9-26/h2-8H,10-12H2,1H3,(H,27,29). The van der Waals surface area contributed by atoms with Crippen molar-refractivity contribution >= 4 is 35.1 Å². The van der Waals surface area contributed by atoms with E-state index in [1.165, 1.54) is 25.2 Å². The first kappa shape index (κ1) is 25.5. The Balaban J connectivity index is 1.81. The molecule has 2 rings (SSSR count). The van der Waals surface area contributed by atoms with Gasteiger partial charge in [0.15, 0.2) is 13.2 Å². The van der Waals surface area contributed by atoms with E-state index in [0.717, 1.165) is 11.0 Å². The molecule has 0 unspecified atom stereocenters. The normalized spacial score (nSPS) is 10.7. The maximum absolute atomic E-state index is 12.9.